The summed E-state index contributed by atoms with van der Waals surface area (Å²) in [6, 6.07) is 0. The highest BCUT2D eigenvalue weighted by atomic mass is 35.5. The third-order valence-electron chi connectivity index (χ3n) is 1.63. The van der Waals surface area contributed by atoms with Gasteiger partial charge in [0.25, 0.3) is 5.91 Å². The molecule has 0 spiro atoms. The van der Waals surface area contributed by atoms with E-state index in [1.165, 1.54) is 18.2 Å². The van der Waals surface area contributed by atoms with Crippen molar-refractivity contribution in [2.45, 2.75) is 0 Å². The smallest absolute Gasteiger partial charge is 0.253 e. The van der Waals surface area contributed by atoms with Crippen LogP contribution in [0.25, 0.3) is 0 Å². The molecule has 0 aromatic rings. The van der Waals surface area contributed by atoms with E-state index in [1.54, 1.807) is 0 Å². The molecule has 0 bridgehead atoms. The molecule has 1 heterocycles. The van der Waals surface area contributed by atoms with E-state index in [4.69, 9.17) is 0 Å². The summed E-state index contributed by atoms with van der Waals surface area (Å²) in [5.41, 5.74) is 2.72. The molecule has 1 unspecified atom stereocenters. The van der Waals surface area contributed by atoms with Crippen molar-refractivity contribution in [2.75, 3.05) is 0 Å². The number of hydrazone groups is 1. The van der Waals surface area contributed by atoms with Gasteiger partial charge in [-0.1, -0.05) is 6.08 Å². The molecule has 64 valence electrons. The Bertz CT molecular complexity index is 309. The maximum absolute atomic E-state index is 12.5. The minimum atomic E-state index is -0.380. The van der Waals surface area contributed by atoms with Gasteiger partial charge in [-0.25, -0.2) is 9.82 Å². The van der Waals surface area contributed by atoms with Gasteiger partial charge in [-0.3, -0.25) is 4.79 Å². The highest BCUT2D eigenvalue weighted by Crippen LogP contribution is 2.18. The van der Waals surface area contributed by atoms with E-state index in [1.807, 2.05) is 0 Å². The van der Waals surface area contributed by atoms with Crippen molar-refractivity contribution in [1.29, 1.82) is 0 Å². The molecule has 1 aliphatic carbocycles. The van der Waals surface area contributed by atoms with Gasteiger partial charge >= 0.3 is 0 Å². The molecule has 2 rings (SSSR count). The average Bonchev–Trinajstić information content (AvgIpc) is 2.32. The summed E-state index contributed by atoms with van der Waals surface area (Å²) in [7, 11) is 0. The Morgan fingerprint density at radius 3 is 3.08 bits per heavy atom. The minimum absolute atomic E-state index is 0. The van der Waals surface area contributed by atoms with Crippen LogP contribution in [0, 0.1) is 5.92 Å². The number of halogens is 2. The molecule has 0 radical (unpaired) electrons. The molecule has 1 aliphatic heterocycles. The van der Waals surface area contributed by atoms with Gasteiger partial charge < -0.3 is 0 Å². The molecule has 0 aromatic heterocycles. The lowest BCUT2D eigenvalue weighted by molar-refractivity contribution is -0.121. The van der Waals surface area contributed by atoms with E-state index in [9.17, 15) is 9.18 Å². The van der Waals surface area contributed by atoms with E-state index in [2.05, 4.69) is 10.5 Å². The number of rotatable bonds is 0. The second-order valence-electron chi connectivity index (χ2n) is 2.38. The zero-order valence-electron chi connectivity index (χ0n) is 5.95. The molecular formula is C7H6ClFN2O. The van der Waals surface area contributed by atoms with Crippen LogP contribution in [0.2, 0.25) is 0 Å². The number of allylic oxidation sites excluding steroid dienone is 3. The maximum Gasteiger partial charge on any atom is 0.253 e. The summed E-state index contributed by atoms with van der Waals surface area (Å²) in [5, 5.41) is 3.64. The van der Waals surface area contributed by atoms with Crippen LogP contribution < -0.4 is 5.43 Å². The second kappa shape index (κ2) is 3.06. The molecule has 12 heavy (non-hydrogen) atoms. The molecule has 0 saturated heterocycles. The lowest BCUT2D eigenvalue weighted by Crippen LogP contribution is -2.21. The Kier molecular flexibility index (Phi) is 2.28. The van der Waals surface area contributed by atoms with E-state index in [0.29, 0.717) is 5.71 Å². The van der Waals surface area contributed by atoms with Gasteiger partial charge in [-0.05, 0) is 12.2 Å². The van der Waals surface area contributed by atoms with Crippen molar-refractivity contribution in [1.82, 2.24) is 5.43 Å². The number of carbonyl (C=O) groups is 1. The fourth-order valence-corrected chi connectivity index (χ4v) is 1.08. The number of nitrogens with one attached hydrogen (secondary N) is 1. The van der Waals surface area contributed by atoms with Crippen LogP contribution in [0.5, 0.6) is 0 Å². The first kappa shape index (κ1) is 8.93. The van der Waals surface area contributed by atoms with Crippen LogP contribution in [0.15, 0.2) is 29.2 Å². The molecule has 2 aliphatic rings. The fraction of sp³-hybridized carbons (Fsp3) is 0.143. The third kappa shape index (κ3) is 1.25. The van der Waals surface area contributed by atoms with Crippen molar-refractivity contribution >= 4 is 24.0 Å². The van der Waals surface area contributed by atoms with E-state index >= 15 is 0 Å². The minimum Gasteiger partial charge on any atom is -0.272 e. The van der Waals surface area contributed by atoms with Crippen LogP contribution in [0.4, 0.5) is 4.39 Å². The predicted molar refractivity (Wildman–Crippen MR) is 44.6 cm³/mol. The normalized spacial score (nSPS) is 25.1. The number of hydrogen-bond acceptors (Lipinski definition) is 2. The average molecular weight is 189 g/mol. The zero-order valence-corrected chi connectivity index (χ0v) is 6.77. The van der Waals surface area contributed by atoms with Gasteiger partial charge in [-0.15, -0.1) is 12.4 Å². The summed E-state index contributed by atoms with van der Waals surface area (Å²) < 4.78 is 12.5. The fourth-order valence-electron chi connectivity index (χ4n) is 1.08. The van der Waals surface area contributed by atoms with Crippen LogP contribution >= 0.6 is 12.4 Å². The SMILES string of the molecule is Cl.O=C1NN=C2C=C(F)C=CC12. The van der Waals surface area contributed by atoms with Crippen LogP contribution in [-0.2, 0) is 4.79 Å². The topological polar surface area (TPSA) is 41.5 Å². The predicted octanol–water partition coefficient (Wildman–Crippen LogP) is 0.933. The van der Waals surface area contributed by atoms with Crippen LogP contribution in [0.3, 0.4) is 0 Å². The molecule has 1 amide bonds. The lowest BCUT2D eigenvalue weighted by atomic mass is 9.99. The summed E-state index contributed by atoms with van der Waals surface area (Å²) in [6.07, 6.45) is 4.02. The standard InChI is InChI=1S/C7H5FN2O.ClH/c8-4-1-2-5-6(3-4)9-10-7(5)11;/h1-3,5H,(H,10,11);1H. The third-order valence-corrected chi connectivity index (χ3v) is 1.63. The molecule has 1 N–H and O–H groups in total. The van der Waals surface area contributed by atoms with Crippen LogP contribution in [-0.4, -0.2) is 11.6 Å². The van der Waals surface area contributed by atoms with Gasteiger partial charge in [-0.2, -0.15) is 5.10 Å². The summed E-state index contributed by atoms with van der Waals surface area (Å²) >= 11 is 0. The quantitative estimate of drug-likeness (QED) is 0.604. The molecule has 0 aromatic carbocycles. The van der Waals surface area contributed by atoms with Crippen molar-refractivity contribution in [2.24, 2.45) is 11.0 Å². The summed E-state index contributed by atoms with van der Waals surface area (Å²) in [6.45, 7) is 0. The van der Waals surface area contributed by atoms with E-state index < -0.39 is 0 Å². The highest BCUT2D eigenvalue weighted by Gasteiger charge is 2.28. The highest BCUT2D eigenvalue weighted by molar-refractivity contribution is 6.15. The largest absolute Gasteiger partial charge is 0.272 e. The Morgan fingerprint density at radius 1 is 1.58 bits per heavy atom. The number of amides is 1. The van der Waals surface area contributed by atoms with Crippen LogP contribution in [0.1, 0.15) is 0 Å². The number of carbonyl (C=O) groups excluding carboxylic acids is 1. The molecule has 3 nitrogen and oxygen atoms in total. The molecule has 0 fully saturated rings. The molecule has 5 heteroatoms. The van der Waals surface area contributed by atoms with Gasteiger partial charge in [0.2, 0.25) is 0 Å². The van der Waals surface area contributed by atoms with Gasteiger partial charge in [0.05, 0.1) is 5.71 Å². The van der Waals surface area contributed by atoms with Crippen molar-refractivity contribution in [3.05, 3.63) is 24.1 Å². The number of nitrogens with zero attached hydrogens (tertiary/aromatic N) is 1. The Hall–Kier alpha value is -1.16. The number of hydrogen-bond donors (Lipinski definition) is 1. The summed E-state index contributed by atoms with van der Waals surface area (Å²) in [4.78, 5) is 10.9. The monoisotopic (exact) mass is 188 g/mol. The van der Waals surface area contributed by atoms with Gasteiger partial charge in [0.15, 0.2) is 0 Å². The first-order valence-electron chi connectivity index (χ1n) is 3.20. The van der Waals surface area contributed by atoms with E-state index in [0.717, 1.165) is 0 Å². The summed E-state index contributed by atoms with van der Waals surface area (Å²) in [5.74, 6) is -0.939. The second-order valence-corrected chi connectivity index (χ2v) is 2.38. The van der Waals surface area contributed by atoms with Gasteiger partial charge in [0, 0.05) is 0 Å². The zero-order chi connectivity index (χ0) is 7.84. The maximum atomic E-state index is 12.5. The Labute approximate surface area is 74.4 Å². The van der Waals surface area contributed by atoms with Gasteiger partial charge in [0.1, 0.15) is 11.7 Å². The first-order chi connectivity index (χ1) is 5.27. The first-order valence-corrected chi connectivity index (χ1v) is 3.20. The molecule has 1 atom stereocenters. The molecular weight excluding hydrogens is 183 g/mol. The van der Waals surface area contributed by atoms with Crippen molar-refractivity contribution in [3.63, 3.8) is 0 Å². The molecule has 0 saturated carbocycles. The number of fused-ring (bicyclic) bond motifs is 1. The Balaban J connectivity index is 0.000000720. The van der Waals surface area contributed by atoms with Crippen molar-refractivity contribution < 1.29 is 9.18 Å². The Morgan fingerprint density at radius 2 is 2.33 bits per heavy atom. The lowest BCUT2D eigenvalue weighted by Gasteiger charge is -2.04. The van der Waals surface area contributed by atoms with E-state index in [-0.39, 0.29) is 30.1 Å². The van der Waals surface area contributed by atoms with Crippen molar-refractivity contribution in [3.8, 4) is 0 Å².